The molecule has 0 aromatic heterocycles. The van der Waals surface area contributed by atoms with Crippen molar-refractivity contribution in [2.75, 3.05) is 19.8 Å². The Morgan fingerprint density at radius 3 is 3.00 bits per heavy atom. The number of morpholine rings is 1. The van der Waals surface area contributed by atoms with Gasteiger partial charge in [0.1, 0.15) is 5.75 Å². The zero-order valence-corrected chi connectivity index (χ0v) is 9.82. The first kappa shape index (κ1) is 10.2. The van der Waals surface area contributed by atoms with Crippen LogP contribution in [0.5, 0.6) is 5.75 Å². The highest BCUT2D eigenvalue weighted by atomic mass is 127. The van der Waals surface area contributed by atoms with Crippen LogP contribution >= 0.6 is 22.6 Å². The first-order valence-corrected chi connectivity index (χ1v) is 5.65. The Labute approximate surface area is 96.6 Å². The molecule has 3 nitrogen and oxygen atoms in total. The number of nitrogens with one attached hydrogen (secondary N) is 1. The maximum absolute atomic E-state index is 9.28. The number of hydrogen-bond acceptors (Lipinski definition) is 3. The van der Waals surface area contributed by atoms with E-state index in [0.29, 0.717) is 12.4 Å². The summed E-state index contributed by atoms with van der Waals surface area (Å²) < 4.78 is 6.47. The van der Waals surface area contributed by atoms with Gasteiger partial charge >= 0.3 is 0 Å². The van der Waals surface area contributed by atoms with Gasteiger partial charge in [-0.15, -0.1) is 0 Å². The summed E-state index contributed by atoms with van der Waals surface area (Å²) in [6.45, 7) is 2.38. The van der Waals surface area contributed by atoms with E-state index >= 15 is 0 Å². The van der Waals surface area contributed by atoms with Gasteiger partial charge in [0.25, 0.3) is 0 Å². The second kappa shape index (κ2) is 4.46. The number of benzene rings is 1. The summed E-state index contributed by atoms with van der Waals surface area (Å²) in [5.74, 6) is 0.315. The lowest BCUT2D eigenvalue weighted by Crippen LogP contribution is -2.34. The monoisotopic (exact) mass is 305 g/mol. The molecule has 0 spiro atoms. The van der Waals surface area contributed by atoms with E-state index in [1.54, 1.807) is 12.1 Å². The molecule has 1 atom stereocenters. The van der Waals surface area contributed by atoms with Crippen molar-refractivity contribution in [3.63, 3.8) is 0 Å². The quantitative estimate of drug-likeness (QED) is 0.775. The molecule has 0 saturated carbocycles. The molecule has 1 aromatic rings. The minimum atomic E-state index is 0.260. The van der Waals surface area contributed by atoms with Crippen molar-refractivity contribution < 1.29 is 9.84 Å². The number of halogens is 1. The van der Waals surface area contributed by atoms with Gasteiger partial charge in [0.15, 0.2) is 0 Å². The van der Waals surface area contributed by atoms with Gasteiger partial charge in [-0.3, -0.25) is 0 Å². The lowest BCUT2D eigenvalue weighted by Gasteiger charge is -2.25. The third kappa shape index (κ3) is 2.18. The van der Waals surface area contributed by atoms with Crippen molar-refractivity contribution in [1.82, 2.24) is 5.32 Å². The molecule has 1 fully saturated rings. The van der Waals surface area contributed by atoms with Crippen molar-refractivity contribution in [3.05, 3.63) is 27.3 Å². The van der Waals surface area contributed by atoms with Crippen LogP contribution in [0.15, 0.2) is 18.2 Å². The van der Waals surface area contributed by atoms with Crippen LogP contribution in [0.1, 0.15) is 11.6 Å². The number of aromatic hydroxyl groups is 1. The van der Waals surface area contributed by atoms with Gasteiger partial charge in [-0.1, -0.05) is 6.07 Å². The van der Waals surface area contributed by atoms with E-state index < -0.39 is 0 Å². The van der Waals surface area contributed by atoms with Crippen molar-refractivity contribution in [2.45, 2.75) is 6.04 Å². The molecule has 14 heavy (non-hydrogen) atoms. The standard InChI is InChI=1S/C10H12INO2/c11-9-5-7(13)1-2-8(9)10-6-14-4-3-12-10/h1-2,5,10,12-13H,3-4,6H2/t10-/m0/s1. The van der Waals surface area contributed by atoms with Crippen LogP contribution in [0, 0.1) is 3.57 Å². The summed E-state index contributed by atoms with van der Waals surface area (Å²) >= 11 is 2.23. The van der Waals surface area contributed by atoms with Gasteiger partial charge in [0.2, 0.25) is 0 Å². The molecule has 2 N–H and O–H groups in total. The molecule has 0 radical (unpaired) electrons. The minimum Gasteiger partial charge on any atom is -0.508 e. The number of hydrogen-bond donors (Lipinski definition) is 2. The highest BCUT2D eigenvalue weighted by molar-refractivity contribution is 14.1. The molecular formula is C10H12INO2. The maximum Gasteiger partial charge on any atom is 0.116 e. The van der Waals surface area contributed by atoms with E-state index in [4.69, 9.17) is 4.74 Å². The molecule has 1 saturated heterocycles. The lowest BCUT2D eigenvalue weighted by molar-refractivity contribution is 0.0766. The largest absolute Gasteiger partial charge is 0.508 e. The van der Waals surface area contributed by atoms with Crippen LogP contribution in [0.3, 0.4) is 0 Å². The second-order valence-corrected chi connectivity index (χ2v) is 4.45. The van der Waals surface area contributed by atoms with Gasteiger partial charge < -0.3 is 15.2 Å². The highest BCUT2D eigenvalue weighted by Gasteiger charge is 2.17. The number of ether oxygens (including phenoxy) is 1. The molecule has 76 valence electrons. The molecule has 0 unspecified atom stereocenters. The first-order valence-electron chi connectivity index (χ1n) is 4.57. The van der Waals surface area contributed by atoms with Crippen molar-refractivity contribution in [3.8, 4) is 5.75 Å². The van der Waals surface area contributed by atoms with Gasteiger partial charge in [-0.25, -0.2) is 0 Å². The molecule has 0 amide bonds. The highest BCUT2D eigenvalue weighted by Crippen LogP contribution is 2.25. The molecule has 2 rings (SSSR count). The van der Waals surface area contributed by atoms with Gasteiger partial charge in [0, 0.05) is 10.1 Å². The fourth-order valence-electron chi connectivity index (χ4n) is 1.56. The Bertz CT molecular complexity index is 324. The average molecular weight is 305 g/mol. The molecule has 1 aliphatic heterocycles. The van der Waals surface area contributed by atoms with Crippen LogP contribution in [0.2, 0.25) is 0 Å². The van der Waals surface area contributed by atoms with Crippen molar-refractivity contribution >= 4 is 22.6 Å². The normalized spacial score (nSPS) is 22.2. The van der Waals surface area contributed by atoms with Crippen LogP contribution in [0.25, 0.3) is 0 Å². The average Bonchev–Trinajstić information content (AvgIpc) is 2.19. The summed E-state index contributed by atoms with van der Waals surface area (Å²) in [5.41, 5.74) is 1.20. The molecular weight excluding hydrogens is 293 g/mol. The predicted octanol–water partition coefficient (Wildman–Crippen LogP) is 1.66. The summed E-state index contributed by atoms with van der Waals surface area (Å²) in [4.78, 5) is 0. The van der Waals surface area contributed by atoms with E-state index in [-0.39, 0.29) is 6.04 Å². The van der Waals surface area contributed by atoms with Gasteiger partial charge in [-0.2, -0.15) is 0 Å². The third-order valence-electron chi connectivity index (χ3n) is 2.28. The van der Waals surface area contributed by atoms with E-state index in [0.717, 1.165) is 16.7 Å². The Morgan fingerprint density at radius 1 is 1.50 bits per heavy atom. The van der Waals surface area contributed by atoms with E-state index in [1.165, 1.54) is 5.56 Å². The van der Waals surface area contributed by atoms with Crippen LogP contribution in [0.4, 0.5) is 0 Å². The molecule has 4 heteroatoms. The van der Waals surface area contributed by atoms with Crippen LogP contribution < -0.4 is 5.32 Å². The maximum atomic E-state index is 9.28. The zero-order chi connectivity index (χ0) is 9.97. The van der Waals surface area contributed by atoms with E-state index in [9.17, 15) is 5.11 Å². The summed E-state index contributed by atoms with van der Waals surface area (Å²) in [5, 5.41) is 12.7. The summed E-state index contributed by atoms with van der Waals surface area (Å²) in [7, 11) is 0. The number of rotatable bonds is 1. The smallest absolute Gasteiger partial charge is 0.116 e. The molecule has 0 aliphatic carbocycles. The fraction of sp³-hybridized carbons (Fsp3) is 0.400. The zero-order valence-electron chi connectivity index (χ0n) is 7.66. The van der Waals surface area contributed by atoms with Gasteiger partial charge in [0.05, 0.1) is 19.3 Å². The third-order valence-corrected chi connectivity index (χ3v) is 3.22. The van der Waals surface area contributed by atoms with Gasteiger partial charge in [-0.05, 0) is 40.3 Å². The first-order chi connectivity index (χ1) is 6.77. The van der Waals surface area contributed by atoms with Crippen LogP contribution in [-0.2, 0) is 4.74 Å². The molecule has 1 aliphatic rings. The summed E-state index contributed by atoms with van der Waals surface area (Å²) in [6, 6.07) is 5.69. The van der Waals surface area contributed by atoms with Crippen molar-refractivity contribution in [1.29, 1.82) is 0 Å². The molecule has 0 bridgehead atoms. The van der Waals surface area contributed by atoms with E-state index in [1.807, 2.05) is 6.07 Å². The summed E-state index contributed by atoms with van der Waals surface area (Å²) in [6.07, 6.45) is 0. The van der Waals surface area contributed by atoms with E-state index in [2.05, 4.69) is 27.9 Å². The topological polar surface area (TPSA) is 41.5 Å². The Balaban J connectivity index is 2.22. The SMILES string of the molecule is Oc1ccc([C@@H]2COCCN2)c(I)c1. The number of phenols is 1. The molecule has 1 aromatic carbocycles. The second-order valence-electron chi connectivity index (χ2n) is 3.29. The molecule has 1 heterocycles. The Morgan fingerprint density at radius 2 is 2.36 bits per heavy atom. The van der Waals surface area contributed by atoms with Crippen molar-refractivity contribution in [2.24, 2.45) is 0 Å². The Kier molecular flexibility index (Phi) is 3.25. The van der Waals surface area contributed by atoms with Crippen LogP contribution in [-0.4, -0.2) is 24.9 Å². The lowest BCUT2D eigenvalue weighted by atomic mass is 10.1. The number of phenolic OH excluding ortho intramolecular Hbond substituents is 1. The Hall–Kier alpha value is -0.330. The fourth-order valence-corrected chi connectivity index (χ4v) is 2.44. The predicted molar refractivity (Wildman–Crippen MR) is 62.4 cm³/mol. The minimum absolute atomic E-state index is 0.260.